The van der Waals surface area contributed by atoms with Crippen molar-refractivity contribution in [3.05, 3.63) is 100 Å². The fraction of sp³-hybridized carbons (Fsp3) is 0.250. The van der Waals surface area contributed by atoms with Gasteiger partial charge in [-0.15, -0.1) is 0 Å². The lowest BCUT2D eigenvalue weighted by atomic mass is 9.93. The number of nitrogens with zero attached hydrogens (tertiary/aromatic N) is 1. The van der Waals surface area contributed by atoms with E-state index < -0.39 is 10.0 Å². The number of hydrogen-bond acceptors (Lipinski definition) is 2. The van der Waals surface area contributed by atoms with Gasteiger partial charge in [-0.3, -0.25) is 0 Å². The van der Waals surface area contributed by atoms with Crippen LogP contribution in [0, 0.1) is 13.8 Å². The first-order valence-electron chi connectivity index (χ1n) is 9.75. The molecule has 150 valence electrons. The Hall–Kier alpha value is -2.14. The minimum Gasteiger partial charge on any atom is -0.207 e. The topological polar surface area (TPSA) is 37.4 Å². The quantitative estimate of drug-likeness (QED) is 0.523. The Morgan fingerprint density at radius 2 is 1.31 bits per heavy atom. The number of benzene rings is 3. The molecule has 2 unspecified atom stereocenters. The molecule has 0 saturated carbocycles. The molecule has 0 radical (unpaired) electrons. The molecule has 3 nitrogen and oxygen atoms in total. The molecule has 2 atom stereocenters. The molecule has 4 rings (SSSR count). The summed E-state index contributed by atoms with van der Waals surface area (Å²) in [4.78, 5) is 0.339. The lowest BCUT2D eigenvalue weighted by Gasteiger charge is -2.24. The fourth-order valence-electron chi connectivity index (χ4n) is 3.98. The monoisotopic (exact) mass is 425 g/mol. The predicted octanol–water partition coefficient (Wildman–Crippen LogP) is 5.88. The summed E-state index contributed by atoms with van der Waals surface area (Å²) in [5, 5.41) is 0.648. The molecule has 1 aliphatic heterocycles. The summed E-state index contributed by atoms with van der Waals surface area (Å²) < 4.78 is 28.7. The van der Waals surface area contributed by atoms with Gasteiger partial charge in [0.2, 0.25) is 10.0 Å². The first-order valence-corrected chi connectivity index (χ1v) is 11.6. The molecule has 1 aliphatic rings. The van der Waals surface area contributed by atoms with Gasteiger partial charge in [-0.1, -0.05) is 71.3 Å². The van der Waals surface area contributed by atoms with Crippen molar-refractivity contribution in [1.82, 2.24) is 4.31 Å². The van der Waals surface area contributed by atoms with Gasteiger partial charge in [0.05, 0.1) is 10.9 Å². The molecule has 3 aromatic rings. The van der Waals surface area contributed by atoms with Gasteiger partial charge in [-0.2, -0.15) is 4.31 Å². The molecule has 1 saturated heterocycles. The highest BCUT2D eigenvalue weighted by molar-refractivity contribution is 7.89. The summed E-state index contributed by atoms with van der Waals surface area (Å²) in [5.41, 5.74) is 4.39. The third-order valence-corrected chi connectivity index (χ3v) is 7.83. The summed E-state index contributed by atoms with van der Waals surface area (Å²) in [7, 11) is -3.61. The highest BCUT2D eigenvalue weighted by atomic mass is 35.5. The van der Waals surface area contributed by atoms with Gasteiger partial charge >= 0.3 is 0 Å². The van der Waals surface area contributed by atoms with E-state index in [4.69, 9.17) is 11.6 Å². The van der Waals surface area contributed by atoms with Crippen molar-refractivity contribution in [3.8, 4) is 0 Å². The smallest absolute Gasteiger partial charge is 0.207 e. The minimum absolute atomic E-state index is 0.150. The van der Waals surface area contributed by atoms with Crippen LogP contribution in [0.2, 0.25) is 5.02 Å². The van der Waals surface area contributed by atoms with Crippen LogP contribution < -0.4 is 0 Å². The van der Waals surface area contributed by atoms with Gasteiger partial charge in [-0.05, 0) is 61.6 Å². The van der Waals surface area contributed by atoms with Crippen LogP contribution in [0.4, 0.5) is 0 Å². The highest BCUT2D eigenvalue weighted by Crippen LogP contribution is 2.43. The molecule has 5 heteroatoms. The Labute approximate surface area is 178 Å². The van der Waals surface area contributed by atoms with Gasteiger partial charge in [-0.25, -0.2) is 8.42 Å². The third kappa shape index (κ3) is 4.11. The maximum Gasteiger partial charge on any atom is 0.243 e. The third-order valence-electron chi connectivity index (χ3n) is 5.69. The predicted molar refractivity (Wildman–Crippen MR) is 118 cm³/mol. The SMILES string of the molecule is Cc1ccc(C2CC(c3ccc(Cl)cc3)N(S(=O)(=O)c3ccc(C)cc3)C2)cc1. The highest BCUT2D eigenvalue weighted by Gasteiger charge is 2.41. The normalized spacial score (nSPS) is 20.1. The van der Waals surface area contributed by atoms with Crippen LogP contribution in [-0.4, -0.2) is 19.3 Å². The largest absolute Gasteiger partial charge is 0.243 e. The molecule has 0 bridgehead atoms. The van der Waals surface area contributed by atoms with Gasteiger partial charge in [0.15, 0.2) is 0 Å². The Kier molecular flexibility index (Phi) is 5.52. The molecule has 0 amide bonds. The van der Waals surface area contributed by atoms with Gasteiger partial charge < -0.3 is 0 Å². The Morgan fingerprint density at radius 1 is 0.793 bits per heavy atom. The van der Waals surface area contributed by atoms with Crippen LogP contribution in [0.15, 0.2) is 77.7 Å². The molecule has 1 fully saturated rings. The second-order valence-corrected chi connectivity index (χ2v) is 10.1. The summed E-state index contributed by atoms with van der Waals surface area (Å²) in [6, 6.07) is 22.8. The van der Waals surface area contributed by atoms with Crippen LogP contribution in [0.1, 0.15) is 40.6 Å². The van der Waals surface area contributed by atoms with Crippen molar-refractivity contribution in [1.29, 1.82) is 0 Å². The van der Waals surface area contributed by atoms with E-state index in [0.717, 1.165) is 17.5 Å². The van der Waals surface area contributed by atoms with Gasteiger partial charge in [0, 0.05) is 11.6 Å². The zero-order valence-corrected chi connectivity index (χ0v) is 18.1. The number of hydrogen-bond donors (Lipinski definition) is 0. The van der Waals surface area contributed by atoms with Crippen molar-refractivity contribution in [2.75, 3.05) is 6.54 Å². The number of halogens is 1. The molecular formula is C24H24ClNO2S. The molecule has 29 heavy (non-hydrogen) atoms. The van der Waals surface area contributed by atoms with E-state index >= 15 is 0 Å². The molecule has 0 aliphatic carbocycles. The summed E-state index contributed by atoms with van der Waals surface area (Å²) in [6.07, 6.45) is 0.746. The average molecular weight is 426 g/mol. The van der Waals surface area contributed by atoms with Crippen LogP contribution in [0.5, 0.6) is 0 Å². The van der Waals surface area contributed by atoms with E-state index in [1.54, 1.807) is 16.4 Å². The summed E-state index contributed by atoms with van der Waals surface area (Å²) in [5.74, 6) is 0.150. The minimum atomic E-state index is -3.61. The van der Waals surface area contributed by atoms with E-state index in [2.05, 4.69) is 31.2 Å². The molecular weight excluding hydrogens is 402 g/mol. The van der Waals surface area contributed by atoms with E-state index in [9.17, 15) is 8.42 Å². The second-order valence-electron chi connectivity index (χ2n) is 7.80. The number of sulfonamides is 1. The Bertz CT molecular complexity index is 1090. The maximum absolute atomic E-state index is 13.5. The summed E-state index contributed by atoms with van der Waals surface area (Å²) >= 11 is 6.06. The Morgan fingerprint density at radius 3 is 1.90 bits per heavy atom. The van der Waals surface area contributed by atoms with Gasteiger partial charge in [0.1, 0.15) is 0 Å². The lowest BCUT2D eigenvalue weighted by molar-refractivity contribution is 0.396. The number of rotatable bonds is 4. The molecule has 0 spiro atoms. The van der Waals surface area contributed by atoms with Crippen molar-refractivity contribution >= 4 is 21.6 Å². The van der Waals surface area contributed by atoms with Gasteiger partial charge in [0.25, 0.3) is 0 Å². The first kappa shape index (κ1) is 20.1. The van der Waals surface area contributed by atoms with Crippen LogP contribution in [0.3, 0.4) is 0 Å². The van der Waals surface area contributed by atoms with E-state index in [1.165, 1.54) is 11.1 Å². The van der Waals surface area contributed by atoms with Crippen molar-refractivity contribution in [3.63, 3.8) is 0 Å². The maximum atomic E-state index is 13.5. The molecule has 1 heterocycles. The fourth-order valence-corrected chi connectivity index (χ4v) is 5.78. The van der Waals surface area contributed by atoms with Crippen molar-refractivity contribution < 1.29 is 8.42 Å². The van der Waals surface area contributed by atoms with E-state index in [1.807, 2.05) is 43.3 Å². The standard InChI is InChI=1S/C24H24ClNO2S/c1-17-3-7-19(8-4-17)21-15-24(20-9-11-22(25)12-10-20)26(16-21)29(27,28)23-13-5-18(2)6-14-23/h3-14,21,24H,15-16H2,1-2H3. The van der Waals surface area contributed by atoms with Crippen LogP contribution in [-0.2, 0) is 10.0 Å². The Balaban J connectivity index is 1.74. The summed E-state index contributed by atoms with van der Waals surface area (Å²) in [6.45, 7) is 4.48. The average Bonchev–Trinajstić information content (AvgIpc) is 3.16. The lowest BCUT2D eigenvalue weighted by Crippen LogP contribution is -2.31. The molecule has 0 N–H and O–H groups in total. The second kappa shape index (κ2) is 7.94. The zero-order valence-electron chi connectivity index (χ0n) is 16.5. The van der Waals surface area contributed by atoms with Crippen LogP contribution >= 0.6 is 11.6 Å². The molecule has 3 aromatic carbocycles. The van der Waals surface area contributed by atoms with Crippen molar-refractivity contribution in [2.24, 2.45) is 0 Å². The molecule has 0 aromatic heterocycles. The van der Waals surface area contributed by atoms with Crippen LogP contribution in [0.25, 0.3) is 0 Å². The van der Waals surface area contributed by atoms with E-state index in [0.29, 0.717) is 16.5 Å². The zero-order chi connectivity index (χ0) is 20.6. The van der Waals surface area contributed by atoms with Crippen molar-refractivity contribution in [2.45, 2.75) is 37.1 Å². The first-order chi connectivity index (χ1) is 13.8. The van der Waals surface area contributed by atoms with E-state index in [-0.39, 0.29) is 12.0 Å². The number of aryl methyl sites for hydroxylation is 2.